The first-order valence-electron chi connectivity index (χ1n) is 10.6. The lowest BCUT2D eigenvalue weighted by atomic mass is 10.1. The van der Waals surface area contributed by atoms with E-state index in [4.69, 9.17) is 9.15 Å². The summed E-state index contributed by atoms with van der Waals surface area (Å²) in [5, 5.41) is 7.78. The summed E-state index contributed by atoms with van der Waals surface area (Å²) in [6.45, 7) is 3.09. The fourth-order valence-electron chi connectivity index (χ4n) is 3.85. The molecule has 8 nitrogen and oxygen atoms in total. The van der Waals surface area contributed by atoms with Gasteiger partial charge in [-0.05, 0) is 37.1 Å². The van der Waals surface area contributed by atoms with Crippen LogP contribution in [0.25, 0.3) is 11.3 Å². The highest BCUT2D eigenvalue weighted by Gasteiger charge is 2.22. The Kier molecular flexibility index (Phi) is 5.41. The summed E-state index contributed by atoms with van der Waals surface area (Å²) in [6.07, 6.45) is 3.43. The van der Waals surface area contributed by atoms with Crippen molar-refractivity contribution in [2.24, 2.45) is 0 Å². The molecule has 0 atom stereocenters. The lowest BCUT2D eigenvalue weighted by Gasteiger charge is -2.21. The average Bonchev–Trinajstić information content (AvgIpc) is 3.36. The van der Waals surface area contributed by atoms with Crippen LogP contribution in [0.4, 0.5) is 32.1 Å². The lowest BCUT2D eigenvalue weighted by molar-refractivity contribution is 0.414. The molecule has 2 aromatic heterocycles. The maximum Gasteiger partial charge on any atom is 0.248 e. The van der Waals surface area contributed by atoms with Crippen molar-refractivity contribution in [3.05, 3.63) is 60.1 Å². The summed E-state index contributed by atoms with van der Waals surface area (Å²) in [7, 11) is 1.59. The Morgan fingerprint density at radius 3 is 2.67 bits per heavy atom. The van der Waals surface area contributed by atoms with Gasteiger partial charge in [0.2, 0.25) is 11.9 Å². The van der Waals surface area contributed by atoms with Crippen molar-refractivity contribution in [2.45, 2.75) is 26.3 Å². The van der Waals surface area contributed by atoms with E-state index in [1.807, 2.05) is 23.1 Å². The molecule has 1 N–H and O–H groups in total. The van der Waals surface area contributed by atoms with Crippen molar-refractivity contribution < 1.29 is 17.9 Å². The molecule has 3 heterocycles. The molecular weight excluding hydrogens is 430 g/mol. The van der Waals surface area contributed by atoms with Crippen LogP contribution >= 0.6 is 0 Å². The largest absolute Gasteiger partial charge is 0.496 e. The maximum absolute atomic E-state index is 13.9. The van der Waals surface area contributed by atoms with Crippen molar-refractivity contribution in [3.63, 3.8) is 0 Å². The number of fused-ring (bicyclic) bond motifs is 1. The molecule has 1 aliphatic rings. The van der Waals surface area contributed by atoms with Crippen molar-refractivity contribution in [2.75, 3.05) is 23.9 Å². The molecule has 0 aliphatic carbocycles. The summed E-state index contributed by atoms with van der Waals surface area (Å²) in [5.41, 5.74) is 2.04. The third-order valence-electron chi connectivity index (χ3n) is 5.45. The molecule has 0 radical (unpaired) electrons. The van der Waals surface area contributed by atoms with E-state index in [9.17, 15) is 8.78 Å². The number of nitrogens with one attached hydrogen (secondary N) is 1. The molecule has 0 spiro atoms. The average molecular weight is 452 g/mol. The molecule has 0 saturated carbocycles. The minimum atomic E-state index is -0.893. The number of aromatic nitrogens is 4. The van der Waals surface area contributed by atoms with Crippen molar-refractivity contribution in [3.8, 4) is 17.1 Å². The van der Waals surface area contributed by atoms with E-state index in [1.165, 1.54) is 6.07 Å². The van der Waals surface area contributed by atoms with Crippen molar-refractivity contribution in [1.82, 2.24) is 19.7 Å². The van der Waals surface area contributed by atoms with E-state index in [0.29, 0.717) is 48.1 Å². The fourth-order valence-corrected chi connectivity index (χ4v) is 3.85. The van der Waals surface area contributed by atoms with Crippen LogP contribution < -0.4 is 15.0 Å². The van der Waals surface area contributed by atoms with E-state index in [2.05, 4.69) is 20.4 Å². The molecule has 5 rings (SSSR count). The zero-order valence-electron chi connectivity index (χ0n) is 18.2. The Hall–Kier alpha value is -3.95. The second kappa shape index (κ2) is 8.53. The predicted octanol–water partition coefficient (Wildman–Crippen LogP) is 5.20. The Bertz CT molecular complexity index is 1300. The molecule has 0 saturated heterocycles. The highest BCUT2D eigenvalue weighted by molar-refractivity contribution is 5.71. The minimum Gasteiger partial charge on any atom is -0.496 e. The highest BCUT2D eigenvalue weighted by Crippen LogP contribution is 2.34. The molecule has 33 heavy (non-hydrogen) atoms. The van der Waals surface area contributed by atoms with Gasteiger partial charge in [-0.25, -0.2) is 18.4 Å². The van der Waals surface area contributed by atoms with E-state index >= 15 is 0 Å². The number of hydrogen-bond donors (Lipinski definition) is 1. The normalized spacial score (nSPS) is 13.5. The van der Waals surface area contributed by atoms with E-state index < -0.39 is 11.6 Å². The van der Waals surface area contributed by atoms with Crippen molar-refractivity contribution in [1.29, 1.82) is 0 Å². The van der Waals surface area contributed by atoms with Gasteiger partial charge in [0, 0.05) is 43.5 Å². The number of aryl methyl sites for hydroxylation is 2. The molecule has 4 aromatic rings. The summed E-state index contributed by atoms with van der Waals surface area (Å²) < 4.78 is 40.2. The fraction of sp³-hybridized carbons (Fsp3) is 0.261. The number of hydrogen-bond acceptors (Lipinski definition) is 7. The zero-order valence-corrected chi connectivity index (χ0v) is 18.2. The second-order valence-electron chi connectivity index (χ2n) is 7.70. The summed E-state index contributed by atoms with van der Waals surface area (Å²) >= 11 is 0. The first kappa shape index (κ1) is 20.9. The summed E-state index contributed by atoms with van der Waals surface area (Å²) in [6, 6.07) is 9.42. The van der Waals surface area contributed by atoms with Crippen molar-refractivity contribution >= 4 is 23.3 Å². The number of halogens is 2. The number of methoxy groups -OCH3 is 1. The molecule has 0 fully saturated rings. The number of rotatable bonds is 5. The Labute approximate surface area is 188 Å². The van der Waals surface area contributed by atoms with Crippen LogP contribution in [0.2, 0.25) is 0 Å². The SMILES string of the molecule is COc1cc(Nc2nc3n(n2)CCCCN3c2ccc(F)c(F)c2)ccc1-c1cnc(C)o1. The lowest BCUT2D eigenvalue weighted by Crippen LogP contribution is -2.20. The van der Waals surface area contributed by atoms with Crippen LogP contribution in [0, 0.1) is 18.6 Å². The van der Waals surface area contributed by atoms with Crippen LogP contribution in [0.3, 0.4) is 0 Å². The van der Waals surface area contributed by atoms with Crippen LogP contribution in [-0.4, -0.2) is 33.4 Å². The van der Waals surface area contributed by atoms with Gasteiger partial charge in [-0.3, -0.25) is 0 Å². The monoisotopic (exact) mass is 452 g/mol. The molecule has 2 aromatic carbocycles. The Morgan fingerprint density at radius 1 is 1.06 bits per heavy atom. The van der Waals surface area contributed by atoms with Gasteiger partial charge in [-0.2, -0.15) is 4.98 Å². The molecule has 0 bridgehead atoms. The van der Waals surface area contributed by atoms with Gasteiger partial charge in [0.15, 0.2) is 23.3 Å². The zero-order chi connectivity index (χ0) is 22.9. The molecule has 0 unspecified atom stereocenters. The Balaban J connectivity index is 1.44. The number of nitrogens with zero attached hydrogens (tertiary/aromatic N) is 5. The topological polar surface area (TPSA) is 81.2 Å². The number of ether oxygens (including phenoxy) is 1. The van der Waals surface area contributed by atoms with Gasteiger partial charge in [0.05, 0.1) is 18.9 Å². The smallest absolute Gasteiger partial charge is 0.248 e. The quantitative estimate of drug-likeness (QED) is 0.446. The first-order valence-corrected chi connectivity index (χ1v) is 10.6. The van der Waals surface area contributed by atoms with Gasteiger partial charge in [-0.15, -0.1) is 5.10 Å². The second-order valence-corrected chi connectivity index (χ2v) is 7.70. The number of oxazole rings is 1. The molecular formula is C23H22F2N6O2. The Morgan fingerprint density at radius 2 is 1.91 bits per heavy atom. The molecule has 170 valence electrons. The third kappa shape index (κ3) is 4.11. The van der Waals surface area contributed by atoms with E-state index in [1.54, 1.807) is 31.0 Å². The number of benzene rings is 2. The van der Waals surface area contributed by atoms with Crippen LogP contribution in [-0.2, 0) is 6.54 Å². The van der Waals surface area contributed by atoms with Gasteiger partial charge < -0.3 is 19.4 Å². The summed E-state index contributed by atoms with van der Waals surface area (Å²) in [5.74, 6) is 0.992. The van der Waals surface area contributed by atoms with E-state index in [-0.39, 0.29) is 0 Å². The van der Waals surface area contributed by atoms with Crippen LogP contribution in [0.5, 0.6) is 5.75 Å². The molecule has 10 heteroatoms. The number of anilines is 4. The van der Waals surface area contributed by atoms with Crippen LogP contribution in [0.1, 0.15) is 18.7 Å². The molecule has 0 amide bonds. The van der Waals surface area contributed by atoms with Gasteiger partial charge in [0.1, 0.15) is 5.75 Å². The molecule has 1 aliphatic heterocycles. The van der Waals surface area contributed by atoms with Crippen LogP contribution in [0.15, 0.2) is 47.0 Å². The first-order chi connectivity index (χ1) is 16.0. The predicted molar refractivity (Wildman–Crippen MR) is 119 cm³/mol. The van der Waals surface area contributed by atoms with Gasteiger partial charge in [0.25, 0.3) is 0 Å². The third-order valence-corrected chi connectivity index (χ3v) is 5.45. The summed E-state index contributed by atoms with van der Waals surface area (Å²) in [4.78, 5) is 10.6. The minimum absolute atomic E-state index is 0.393. The van der Waals surface area contributed by atoms with Gasteiger partial charge >= 0.3 is 0 Å². The van der Waals surface area contributed by atoms with Gasteiger partial charge in [-0.1, -0.05) is 0 Å². The van der Waals surface area contributed by atoms with E-state index in [0.717, 1.165) is 30.2 Å². The maximum atomic E-state index is 13.9. The standard InChI is InChI=1S/C23H22F2N6O2/c1-14-26-13-21(33-14)17-7-5-15(11-20(17)32-2)27-22-28-23-30(9-3-4-10-31(23)29-22)16-6-8-18(24)19(25)12-16/h5-8,11-13H,3-4,9-10H2,1-2H3,(H,27,29). The highest BCUT2D eigenvalue weighted by atomic mass is 19.2.